The highest BCUT2D eigenvalue weighted by molar-refractivity contribution is 5.79. The van der Waals surface area contributed by atoms with E-state index in [-0.39, 0.29) is 12.0 Å². The van der Waals surface area contributed by atoms with Crippen LogP contribution in [0.4, 0.5) is 0 Å². The van der Waals surface area contributed by atoms with Crippen molar-refractivity contribution >= 4 is 5.91 Å². The molecule has 0 aliphatic heterocycles. The smallest absolute Gasteiger partial charge is 0.223 e. The lowest BCUT2D eigenvalue weighted by Gasteiger charge is -2.68. The quantitative estimate of drug-likeness (QED) is 0.137. The number of aliphatic hydroxyl groups excluding tert-OH is 1. The number of nitrogens with two attached hydrogens (primary N) is 1. The molecule has 4 aliphatic carbocycles. The number of hydrogen-bond donors (Lipinski definition) is 5. The van der Waals surface area contributed by atoms with Gasteiger partial charge in [0.15, 0.2) is 0 Å². The number of carbonyl (C=O) groups excluding carboxylic acids is 1. The fourth-order valence-corrected chi connectivity index (χ4v) is 11.4. The molecule has 0 saturated heterocycles. The van der Waals surface area contributed by atoms with Gasteiger partial charge in [-0.1, -0.05) is 54.4 Å². The zero-order valence-electron chi connectivity index (χ0n) is 29.0. The van der Waals surface area contributed by atoms with E-state index in [0.29, 0.717) is 51.7 Å². The maximum atomic E-state index is 13.9. The number of carbonyl (C=O) groups is 1. The Hall–Kier alpha value is -0.690. The van der Waals surface area contributed by atoms with Crippen molar-refractivity contribution in [3.63, 3.8) is 0 Å². The molecule has 4 fully saturated rings. The highest BCUT2D eigenvalue weighted by Crippen LogP contribution is 2.74. The van der Waals surface area contributed by atoms with Gasteiger partial charge in [-0.05, 0) is 142 Å². The van der Waals surface area contributed by atoms with E-state index >= 15 is 0 Å². The minimum atomic E-state index is -0.116. The van der Waals surface area contributed by atoms with Crippen LogP contribution >= 0.6 is 0 Å². The van der Waals surface area contributed by atoms with Crippen molar-refractivity contribution in [3.8, 4) is 0 Å². The van der Waals surface area contributed by atoms with E-state index in [4.69, 9.17) is 5.73 Å². The molecule has 0 aromatic heterocycles. The van der Waals surface area contributed by atoms with E-state index in [0.717, 1.165) is 77.3 Å². The summed E-state index contributed by atoms with van der Waals surface area (Å²) in [7, 11) is 0. The standard InChI is InChI=1S/C37H70N4O2/c1-26(2)10-7-11-29(34(43)41-23-9-22-40-25-24-39-21-8-20-38)28-14-18-36(5)31(28)12-13-33-35(4)17-16-32(42)27(3)30(35)15-19-37(33,36)6/h26-33,39-40,42H,7-25,38H2,1-6H3,(H,41,43)/t27-,28+,29?,30?,31?,32+,33?,35-,36-,37-/m0/s1. The summed E-state index contributed by atoms with van der Waals surface area (Å²) in [6, 6.07) is 0. The summed E-state index contributed by atoms with van der Waals surface area (Å²) in [6.07, 6.45) is 15.1. The molecule has 4 unspecified atom stereocenters. The van der Waals surface area contributed by atoms with Gasteiger partial charge >= 0.3 is 0 Å². The Balaban J connectivity index is 1.38. The van der Waals surface area contributed by atoms with Crippen molar-refractivity contribution in [2.24, 2.45) is 63.4 Å². The molecule has 43 heavy (non-hydrogen) atoms. The van der Waals surface area contributed by atoms with E-state index < -0.39 is 0 Å². The monoisotopic (exact) mass is 603 g/mol. The maximum Gasteiger partial charge on any atom is 0.223 e. The Morgan fingerprint density at radius 3 is 2.21 bits per heavy atom. The highest BCUT2D eigenvalue weighted by Gasteiger charge is 2.67. The van der Waals surface area contributed by atoms with Crippen molar-refractivity contribution in [1.82, 2.24) is 16.0 Å². The van der Waals surface area contributed by atoms with Crippen molar-refractivity contribution in [3.05, 3.63) is 0 Å². The first-order chi connectivity index (χ1) is 20.5. The lowest BCUT2D eigenvalue weighted by molar-refractivity contribution is -0.203. The van der Waals surface area contributed by atoms with E-state index in [2.05, 4.69) is 57.5 Å². The SMILES string of the molecule is CC(C)CCCC(C(=O)NCCCNCCNCCCN)[C@H]1CC[C@@]2(C)C1CCC1[C@@]3(C)CC[C@@H](O)[C@@H](C)C3CC[C@@]12C. The first-order valence-corrected chi connectivity index (χ1v) is 18.6. The van der Waals surface area contributed by atoms with E-state index in [9.17, 15) is 9.90 Å². The Morgan fingerprint density at radius 2 is 1.51 bits per heavy atom. The molecule has 6 nitrogen and oxygen atoms in total. The fraction of sp³-hybridized carbons (Fsp3) is 0.973. The van der Waals surface area contributed by atoms with Crippen LogP contribution in [0.1, 0.15) is 125 Å². The van der Waals surface area contributed by atoms with Gasteiger partial charge in [-0.2, -0.15) is 0 Å². The number of amides is 1. The van der Waals surface area contributed by atoms with Crippen LogP contribution in [0.25, 0.3) is 0 Å². The fourth-order valence-electron chi connectivity index (χ4n) is 11.4. The van der Waals surface area contributed by atoms with Crippen LogP contribution in [0.5, 0.6) is 0 Å². The average Bonchev–Trinajstić information content (AvgIpc) is 3.32. The van der Waals surface area contributed by atoms with E-state index in [1.807, 2.05) is 0 Å². The highest BCUT2D eigenvalue weighted by atomic mass is 16.3. The van der Waals surface area contributed by atoms with Gasteiger partial charge in [-0.25, -0.2) is 0 Å². The molecule has 0 spiro atoms. The minimum Gasteiger partial charge on any atom is -0.393 e. The normalized spacial score (nSPS) is 39.7. The topological polar surface area (TPSA) is 99.4 Å². The number of rotatable bonds is 16. The largest absolute Gasteiger partial charge is 0.393 e. The second-order valence-corrected chi connectivity index (χ2v) is 16.6. The number of aliphatic hydroxyl groups is 1. The molecule has 6 N–H and O–H groups in total. The van der Waals surface area contributed by atoms with Crippen LogP contribution in [-0.2, 0) is 4.79 Å². The molecule has 1 amide bonds. The number of nitrogens with one attached hydrogen (secondary N) is 3. The summed E-state index contributed by atoms with van der Waals surface area (Å²) < 4.78 is 0. The lowest BCUT2D eigenvalue weighted by atomic mass is 9.37. The number of hydrogen-bond acceptors (Lipinski definition) is 5. The summed E-state index contributed by atoms with van der Waals surface area (Å²) in [4.78, 5) is 13.9. The van der Waals surface area contributed by atoms with Crippen LogP contribution in [0, 0.1) is 57.7 Å². The predicted molar refractivity (Wildman–Crippen MR) is 180 cm³/mol. The summed E-state index contributed by atoms with van der Waals surface area (Å²) in [5, 5.41) is 21.1. The van der Waals surface area contributed by atoms with Gasteiger partial charge < -0.3 is 26.8 Å². The van der Waals surface area contributed by atoms with Gasteiger partial charge in [0.2, 0.25) is 5.91 Å². The zero-order valence-corrected chi connectivity index (χ0v) is 29.0. The van der Waals surface area contributed by atoms with Gasteiger partial charge in [0, 0.05) is 25.6 Å². The van der Waals surface area contributed by atoms with Crippen LogP contribution in [-0.4, -0.2) is 56.4 Å². The van der Waals surface area contributed by atoms with Crippen molar-refractivity contribution in [2.75, 3.05) is 39.3 Å². The van der Waals surface area contributed by atoms with Gasteiger partial charge in [-0.15, -0.1) is 0 Å². The van der Waals surface area contributed by atoms with Crippen molar-refractivity contribution in [2.45, 2.75) is 131 Å². The third-order valence-corrected chi connectivity index (χ3v) is 14.0. The average molecular weight is 603 g/mol. The summed E-state index contributed by atoms with van der Waals surface area (Å²) >= 11 is 0. The van der Waals surface area contributed by atoms with E-state index in [1.54, 1.807) is 0 Å². The molecule has 4 rings (SSSR count). The second kappa shape index (κ2) is 15.3. The maximum absolute atomic E-state index is 13.9. The Kier molecular flexibility index (Phi) is 12.5. The third-order valence-electron chi connectivity index (χ3n) is 14.0. The summed E-state index contributed by atoms with van der Waals surface area (Å²) in [5.41, 5.74) is 6.55. The van der Waals surface area contributed by atoms with Gasteiger partial charge in [0.25, 0.3) is 0 Å². The molecule has 4 aliphatic rings. The van der Waals surface area contributed by atoms with Gasteiger partial charge in [0.05, 0.1) is 6.10 Å². The summed E-state index contributed by atoms with van der Waals surface area (Å²) in [6.45, 7) is 20.2. The summed E-state index contributed by atoms with van der Waals surface area (Å²) in [5.74, 6) is 4.17. The van der Waals surface area contributed by atoms with Crippen LogP contribution < -0.4 is 21.7 Å². The van der Waals surface area contributed by atoms with Crippen molar-refractivity contribution in [1.29, 1.82) is 0 Å². The molecule has 6 heteroatoms. The predicted octanol–water partition coefficient (Wildman–Crippen LogP) is 6.12. The second-order valence-electron chi connectivity index (χ2n) is 16.6. The Bertz CT molecular complexity index is 883. The van der Waals surface area contributed by atoms with Crippen LogP contribution in [0.3, 0.4) is 0 Å². The molecule has 0 heterocycles. The number of fused-ring (bicyclic) bond motifs is 5. The van der Waals surface area contributed by atoms with Crippen LogP contribution in [0.2, 0.25) is 0 Å². The van der Waals surface area contributed by atoms with Gasteiger partial charge in [-0.3, -0.25) is 4.79 Å². The molecule has 10 atom stereocenters. The first kappa shape index (κ1) is 35.2. The molecule has 0 bridgehead atoms. The van der Waals surface area contributed by atoms with E-state index in [1.165, 1.54) is 51.4 Å². The zero-order chi connectivity index (χ0) is 31.3. The third kappa shape index (κ3) is 7.33. The van der Waals surface area contributed by atoms with Crippen LogP contribution in [0.15, 0.2) is 0 Å². The molecular weight excluding hydrogens is 532 g/mol. The Morgan fingerprint density at radius 1 is 0.814 bits per heavy atom. The van der Waals surface area contributed by atoms with Crippen molar-refractivity contribution < 1.29 is 9.90 Å². The molecule has 0 radical (unpaired) electrons. The molecule has 250 valence electrons. The molecular formula is C37H70N4O2. The Labute approximate surface area is 265 Å². The molecule has 4 saturated carbocycles. The minimum absolute atomic E-state index is 0.116. The molecule has 0 aromatic rings. The van der Waals surface area contributed by atoms with Gasteiger partial charge in [0.1, 0.15) is 0 Å². The molecule has 0 aromatic carbocycles. The first-order valence-electron chi connectivity index (χ1n) is 18.6. The lowest BCUT2D eigenvalue weighted by Crippen LogP contribution is -2.62.